The van der Waals surface area contributed by atoms with Crippen molar-refractivity contribution in [2.24, 2.45) is 51.9 Å². The summed E-state index contributed by atoms with van der Waals surface area (Å²) in [6.45, 7) is 10.2. The Morgan fingerprint density at radius 3 is 1.91 bits per heavy atom. The first kappa shape index (κ1) is 29.8. The van der Waals surface area contributed by atoms with E-state index in [1.54, 1.807) is 0 Å². The van der Waals surface area contributed by atoms with Crippen molar-refractivity contribution < 1.29 is 34.3 Å². The number of fused-ring (bicyclic) bond motifs is 5. The molecule has 0 radical (unpaired) electrons. The van der Waals surface area contributed by atoms with Crippen LogP contribution in [0.15, 0.2) is 0 Å². The van der Waals surface area contributed by atoms with Crippen LogP contribution in [0, 0.1) is 40.4 Å². The largest absolute Gasteiger partial charge is 0.466 e. The number of phosphoric acid groups is 1. The second kappa shape index (κ2) is 10.2. The van der Waals surface area contributed by atoms with Gasteiger partial charge in [0.05, 0.1) is 5.60 Å². The average molecular weight is 507 g/mol. The second-order valence-corrected chi connectivity index (χ2v) is 13.4. The van der Waals surface area contributed by atoms with Gasteiger partial charge in [0.15, 0.2) is 5.85 Å². The van der Waals surface area contributed by atoms with Crippen molar-refractivity contribution in [3.05, 3.63) is 0 Å². The third kappa shape index (κ3) is 7.32. The van der Waals surface area contributed by atoms with Gasteiger partial charge in [0.2, 0.25) is 0 Å². The highest BCUT2D eigenvalue weighted by atomic mass is 31.2. The predicted octanol–water partition coefficient (Wildman–Crippen LogP) is 2.63. The Kier molecular flexibility index (Phi) is 8.93. The van der Waals surface area contributed by atoms with Crippen molar-refractivity contribution in [1.29, 1.82) is 0 Å². The van der Waals surface area contributed by atoms with E-state index in [9.17, 15) is 9.90 Å². The van der Waals surface area contributed by atoms with Crippen LogP contribution in [0.4, 0.5) is 0 Å². The zero-order valence-electron chi connectivity index (χ0n) is 21.4. The molecule has 0 heterocycles. The van der Waals surface area contributed by atoms with Gasteiger partial charge < -0.3 is 24.9 Å². The maximum absolute atomic E-state index is 12.2. The number of nitrogens with two attached hydrogens (primary N) is 2. The molecule has 10 heteroatoms. The van der Waals surface area contributed by atoms with Crippen LogP contribution in [0.2, 0.25) is 0 Å². The summed E-state index contributed by atoms with van der Waals surface area (Å²) in [7, 11) is -4.64. The summed E-state index contributed by atoms with van der Waals surface area (Å²) in [5, 5.41) is 18.6. The normalized spacial score (nSPS) is 43.7. The lowest BCUT2D eigenvalue weighted by Gasteiger charge is -2.61. The SMILES string of the molecule is CC(=O)[C@H]1CC[C@H]2[C@@H]3CC[C@H]4C[C@](C)(O)CC[C@]4(C)[C@H]3CC[C@]12C.CC(N)(N)O.O=P(O)(O)O. The zero-order chi connectivity index (χ0) is 26.3. The first-order chi connectivity index (χ1) is 15.2. The van der Waals surface area contributed by atoms with Crippen LogP contribution in [0.1, 0.15) is 92.4 Å². The van der Waals surface area contributed by atoms with E-state index in [4.69, 9.17) is 24.4 Å². The van der Waals surface area contributed by atoms with Crippen molar-refractivity contribution in [3.63, 3.8) is 0 Å². The molecule has 9 nitrogen and oxygen atoms in total. The van der Waals surface area contributed by atoms with E-state index >= 15 is 0 Å². The Bertz CT molecular complexity index is 766. The minimum absolute atomic E-state index is 0.274. The Balaban J connectivity index is 0.000000347. The van der Waals surface area contributed by atoms with E-state index in [1.807, 2.05) is 13.8 Å². The van der Waals surface area contributed by atoms with E-state index in [1.165, 1.54) is 45.4 Å². The Morgan fingerprint density at radius 2 is 1.41 bits per heavy atom. The number of Topliss-reactive ketones (excluding diaryl/α,β-unsaturated/α-hetero) is 1. The van der Waals surface area contributed by atoms with Gasteiger partial charge in [-0.05, 0) is 113 Å². The van der Waals surface area contributed by atoms with Gasteiger partial charge in [0, 0.05) is 5.92 Å². The van der Waals surface area contributed by atoms with Crippen LogP contribution in [-0.2, 0) is 9.36 Å². The third-order valence-electron chi connectivity index (χ3n) is 9.44. The molecule has 0 unspecified atom stereocenters. The summed E-state index contributed by atoms with van der Waals surface area (Å²) < 4.78 is 8.88. The minimum Gasteiger partial charge on any atom is -0.390 e. The topological polar surface area (TPSA) is 187 Å². The lowest BCUT2D eigenvalue weighted by Crippen LogP contribution is -2.55. The highest BCUT2D eigenvalue weighted by Gasteiger charge is 2.61. The van der Waals surface area contributed by atoms with Crippen LogP contribution in [0.25, 0.3) is 0 Å². The fourth-order valence-corrected chi connectivity index (χ4v) is 8.10. The van der Waals surface area contributed by atoms with Gasteiger partial charge in [-0.25, -0.2) is 4.57 Å². The van der Waals surface area contributed by atoms with E-state index in [0.717, 1.165) is 37.0 Å². The van der Waals surface area contributed by atoms with Gasteiger partial charge in [-0.3, -0.25) is 16.3 Å². The molecule has 0 aromatic heterocycles. The molecule has 8 atom stereocenters. The molecule has 0 amide bonds. The molecular weight excluding hydrogens is 459 g/mol. The van der Waals surface area contributed by atoms with E-state index in [2.05, 4.69) is 25.3 Å². The van der Waals surface area contributed by atoms with Gasteiger partial charge in [0.25, 0.3) is 0 Å². The van der Waals surface area contributed by atoms with Crippen molar-refractivity contribution in [2.45, 2.75) is 104 Å². The maximum Gasteiger partial charge on any atom is 0.466 e. The molecule has 4 fully saturated rings. The fourth-order valence-electron chi connectivity index (χ4n) is 8.10. The van der Waals surface area contributed by atoms with E-state index in [0.29, 0.717) is 23.0 Å². The van der Waals surface area contributed by atoms with E-state index < -0.39 is 19.3 Å². The molecule has 34 heavy (non-hydrogen) atoms. The Morgan fingerprint density at radius 1 is 0.912 bits per heavy atom. The van der Waals surface area contributed by atoms with Crippen molar-refractivity contribution in [3.8, 4) is 0 Å². The highest BCUT2D eigenvalue weighted by Crippen LogP contribution is 2.68. The van der Waals surface area contributed by atoms with Crippen molar-refractivity contribution in [2.75, 3.05) is 0 Å². The molecule has 0 aliphatic heterocycles. The molecule has 9 N–H and O–H groups in total. The molecule has 0 saturated heterocycles. The van der Waals surface area contributed by atoms with Crippen molar-refractivity contribution in [1.82, 2.24) is 0 Å². The van der Waals surface area contributed by atoms with Crippen molar-refractivity contribution >= 4 is 13.6 Å². The number of ketones is 1. The standard InChI is InChI=1S/C22H36O2.C2H8N2O.H3O4P/c1-14(23)17-7-8-18-16-6-5-15-13-20(2,24)11-12-21(15,3)19(16)9-10-22(17,18)4;1-2(3,4)5;1-5(2,3)4/h15-19,24H,5-13H2,1-4H3;5H,3-4H2,1H3;(H3,1,2,3,4)/t15-,16-,17+,18-,19-,20+,21-,22+;;/m0../s1. The average Bonchev–Trinajstić information content (AvgIpc) is 2.97. The molecule has 0 aromatic rings. The summed E-state index contributed by atoms with van der Waals surface area (Å²) in [5.41, 5.74) is 9.64. The molecule has 4 rings (SSSR count). The van der Waals surface area contributed by atoms with Crippen LogP contribution < -0.4 is 11.5 Å². The molecule has 0 aromatic carbocycles. The maximum atomic E-state index is 12.2. The molecule has 4 saturated carbocycles. The zero-order valence-corrected chi connectivity index (χ0v) is 22.3. The first-order valence-corrected chi connectivity index (χ1v) is 14.1. The predicted molar refractivity (Wildman–Crippen MR) is 130 cm³/mol. The number of rotatable bonds is 1. The molecule has 4 aliphatic carbocycles. The molecule has 200 valence electrons. The van der Waals surface area contributed by atoms with Gasteiger partial charge >= 0.3 is 7.82 Å². The van der Waals surface area contributed by atoms with Gasteiger partial charge in [-0.2, -0.15) is 0 Å². The quantitative estimate of drug-likeness (QED) is 0.207. The number of carbonyl (C=O) groups is 1. The van der Waals surface area contributed by atoms with Gasteiger partial charge in [0.1, 0.15) is 5.78 Å². The third-order valence-corrected chi connectivity index (χ3v) is 9.44. The summed E-state index contributed by atoms with van der Waals surface area (Å²) in [6.07, 6.45) is 10.8. The fraction of sp³-hybridized carbons (Fsp3) is 0.958. The van der Waals surface area contributed by atoms with Crippen LogP contribution in [0.3, 0.4) is 0 Å². The smallest absolute Gasteiger partial charge is 0.390 e. The number of aliphatic hydroxyl groups is 2. The van der Waals surface area contributed by atoms with Gasteiger partial charge in [-0.1, -0.05) is 13.8 Å². The first-order valence-electron chi connectivity index (χ1n) is 12.5. The van der Waals surface area contributed by atoms with Gasteiger partial charge in [-0.15, -0.1) is 0 Å². The summed E-state index contributed by atoms with van der Waals surface area (Å²) >= 11 is 0. The lowest BCUT2D eigenvalue weighted by molar-refractivity contribution is -0.150. The summed E-state index contributed by atoms with van der Waals surface area (Å²) in [6, 6.07) is 0. The molecule has 0 spiro atoms. The minimum atomic E-state index is -4.64. The molecule has 0 bridgehead atoms. The van der Waals surface area contributed by atoms with Crippen LogP contribution in [-0.4, -0.2) is 42.1 Å². The number of carbonyl (C=O) groups excluding carboxylic acids is 1. The second-order valence-electron chi connectivity index (χ2n) is 12.4. The van der Waals surface area contributed by atoms with E-state index in [-0.39, 0.29) is 5.41 Å². The summed E-state index contributed by atoms with van der Waals surface area (Å²) in [5.74, 6) is 2.39. The monoisotopic (exact) mass is 506 g/mol. The molecular formula is C24H47N2O7P. The Hall–Kier alpha value is -0.380. The number of hydrogen-bond acceptors (Lipinski definition) is 6. The van der Waals surface area contributed by atoms with Crippen LogP contribution >= 0.6 is 7.82 Å². The lowest BCUT2D eigenvalue weighted by atomic mass is 9.44. The summed E-state index contributed by atoms with van der Waals surface area (Å²) in [4.78, 5) is 33.8. The Labute approximate surface area is 203 Å². The molecule has 4 aliphatic rings. The highest BCUT2D eigenvalue weighted by molar-refractivity contribution is 7.45. The van der Waals surface area contributed by atoms with Crippen LogP contribution in [0.5, 0.6) is 0 Å². The number of hydrogen-bond donors (Lipinski definition) is 7.